The zero-order valence-corrected chi connectivity index (χ0v) is 10.6. The summed E-state index contributed by atoms with van der Waals surface area (Å²) in [5.74, 6) is 0. The van der Waals surface area contributed by atoms with Crippen LogP contribution in [-0.2, 0) is 0 Å². The van der Waals surface area contributed by atoms with Crippen LogP contribution in [0.5, 0.6) is 0 Å². The zero-order chi connectivity index (χ0) is 11.2. The van der Waals surface area contributed by atoms with E-state index in [9.17, 15) is 0 Å². The maximum Gasteiger partial charge on any atom is 0.174 e. The van der Waals surface area contributed by atoms with Crippen molar-refractivity contribution >= 4 is 23.1 Å². The van der Waals surface area contributed by atoms with Gasteiger partial charge >= 0.3 is 0 Å². The molecular formula is C11H13N3S2. The lowest BCUT2D eigenvalue weighted by atomic mass is 10.1. The molecule has 2 rings (SSSR count). The predicted molar refractivity (Wildman–Crippen MR) is 68.9 cm³/mol. The summed E-state index contributed by atoms with van der Waals surface area (Å²) >= 11 is 3.34. The second-order valence-corrected chi connectivity index (χ2v) is 5.56. The molecule has 2 aromatic rings. The van der Waals surface area contributed by atoms with Crippen molar-refractivity contribution in [2.24, 2.45) is 0 Å². The summed E-state index contributed by atoms with van der Waals surface area (Å²) in [4.78, 5) is 0. The Morgan fingerprint density at radius 1 is 1.38 bits per heavy atom. The van der Waals surface area contributed by atoms with Crippen LogP contribution in [0.25, 0.3) is 0 Å². The Balaban J connectivity index is 2.11. The van der Waals surface area contributed by atoms with E-state index in [0.717, 1.165) is 10.9 Å². The van der Waals surface area contributed by atoms with Crippen molar-refractivity contribution in [1.29, 1.82) is 0 Å². The molecule has 1 aromatic carbocycles. The highest BCUT2D eigenvalue weighted by molar-refractivity contribution is 8.01. The van der Waals surface area contributed by atoms with Crippen molar-refractivity contribution < 1.29 is 0 Å². The normalized spacial score (nSPS) is 12.6. The molecule has 0 saturated heterocycles. The van der Waals surface area contributed by atoms with Gasteiger partial charge in [0, 0.05) is 11.8 Å². The number of likely N-dealkylation sites (N-methyl/N-ethyl adjacent to an activating group) is 1. The van der Waals surface area contributed by atoms with Crippen LogP contribution in [0.3, 0.4) is 0 Å². The molecule has 1 aromatic heterocycles. The summed E-state index contributed by atoms with van der Waals surface area (Å²) in [7, 11) is 1.97. The largest absolute Gasteiger partial charge is 0.318 e. The highest BCUT2D eigenvalue weighted by atomic mass is 32.2. The first-order chi connectivity index (χ1) is 7.90. The Bertz CT molecular complexity index is 402. The maximum absolute atomic E-state index is 4.07. The molecule has 1 N–H and O–H groups in total. The summed E-state index contributed by atoms with van der Waals surface area (Å²) in [5, 5.41) is 11.5. The standard InChI is InChI=1S/C11H13N3S2/c1-12-7-10(9-5-3-2-4-6-9)16-11-14-13-8-15-11/h2-6,8,10,12H,7H2,1H3. The lowest BCUT2D eigenvalue weighted by Crippen LogP contribution is -2.14. The fourth-order valence-corrected chi connectivity index (χ4v) is 3.28. The van der Waals surface area contributed by atoms with Crippen LogP contribution >= 0.6 is 23.1 Å². The molecule has 0 bridgehead atoms. The van der Waals surface area contributed by atoms with Gasteiger partial charge in [-0.05, 0) is 12.6 Å². The first kappa shape index (κ1) is 11.6. The van der Waals surface area contributed by atoms with Gasteiger partial charge in [-0.15, -0.1) is 10.2 Å². The van der Waals surface area contributed by atoms with Gasteiger partial charge in [-0.3, -0.25) is 0 Å². The van der Waals surface area contributed by atoms with Gasteiger partial charge in [-0.2, -0.15) is 0 Å². The minimum absolute atomic E-state index is 0.388. The van der Waals surface area contributed by atoms with Gasteiger partial charge in [0.1, 0.15) is 5.51 Å². The molecule has 3 nitrogen and oxygen atoms in total. The van der Waals surface area contributed by atoms with Gasteiger partial charge in [-0.25, -0.2) is 0 Å². The van der Waals surface area contributed by atoms with Gasteiger partial charge in [-0.1, -0.05) is 53.4 Å². The topological polar surface area (TPSA) is 37.8 Å². The van der Waals surface area contributed by atoms with Crippen molar-refractivity contribution in [3.63, 3.8) is 0 Å². The van der Waals surface area contributed by atoms with Crippen LogP contribution < -0.4 is 5.32 Å². The van der Waals surface area contributed by atoms with Crippen molar-refractivity contribution in [3.05, 3.63) is 41.4 Å². The molecule has 0 amide bonds. The van der Waals surface area contributed by atoms with E-state index in [-0.39, 0.29) is 0 Å². The minimum atomic E-state index is 0.388. The van der Waals surface area contributed by atoms with E-state index in [2.05, 4.69) is 39.8 Å². The minimum Gasteiger partial charge on any atom is -0.318 e. The van der Waals surface area contributed by atoms with Crippen LogP contribution in [0.1, 0.15) is 10.8 Å². The molecule has 1 atom stereocenters. The fraction of sp³-hybridized carbons (Fsp3) is 0.273. The molecule has 0 saturated carbocycles. The van der Waals surface area contributed by atoms with Crippen molar-refractivity contribution in [3.8, 4) is 0 Å². The van der Waals surface area contributed by atoms with Crippen LogP contribution in [0.2, 0.25) is 0 Å². The third kappa shape index (κ3) is 3.04. The van der Waals surface area contributed by atoms with Gasteiger partial charge in [0.2, 0.25) is 0 Å². The first-order valence-corrected chi connectivity index (χ1v) is 6.78. The Kier molecular flexibility index (Phi) is 4.33. The van der Waals surface area contributed by atoms with Gasteiger partial charge in [0.25, 0.3) is 0 Å². The molecule has 0 aliphatic carbocycles. The number of aromatic nitrogens is 2. The van der Waals surface area contributed by atoms with E-state index in [0.29, 0.717) is 5.25 Å². The summed E-state index contributed by atoms with van der Waals surface area (Å²) in [6.45, 7) is 0.925. The van der Waals surface area contributed by atoms with E-state index in [1.165, 1.54) is 5.56 Å². The zero-order valence-electron chi connectivity index (χ0n) is 8.96. The van der Waals surface area contributed by atoms with E-state index in [1.54, 1.807) is 28.6 Å². The first-order valence-electron chi connectivity index (χ1n) is 5.02. The molecule has 0 fully saturated rings. The average molecular weight is 251 g/mol. The molecule has 0 aliphatic rings. The number of hydrogen-bond acceptors (Lipinski definition) is 5. The smallest absolute Gasteiger partial charge is 0.174 e. The number of benzene rings is 1. The van der Waals surface area contributed by atoms with Crippen LogP contribution in [0.4, 0.5) is 0 Å². The van der Waals surface area contributed by atoms with Crippen molar-refractivity contribution in [2.45, 2.75) is 9.59 Å². The van der Waals surface area contributed by atoms with Crippen LogP contribution in [0, 0.1) is 0 Å². The van der Waals surface area contributed by atoms with Crippen LogP contribution in [-0.4, -0.2) is 23.8 Å². The number of nitrogens with one attached hydrogen (secondary N) is 1. The Morgan fingerprint density at radius 2 is 2.19 bits per heavy atom. The van der Waals surface area contributed by atoms with Gasteiger partial charge in [0.05, 0.1) is 0 Å². The number of hydrogen-bond donors (Lipinski definition) is 1. The van der Waals surface area contributed by atoms with Crippen molar-refractivity contribution in [2.75, 3.05) is 13.6 Å². The lowest BCUT2D eigenvalue weighted by Gasteiger charge is -2.14. The van der Waals surface area contributed by atoms with E-state index in [1.807, 2.05) is 13.1 Å². The Labute approximate surface area is 103 Å². The lowest BCUT2D eigenvalue weighted by molar-refractivity contribution is 0.776. The summed E-state index contributed by atoms with van der Waals surface area (Å²) < 4.78 is 1.02. The second-order valence-electron chi connectivity index (χ2n) is 3.28. The summed E-state index contributed by atoms with van der Waals surface area (Å²) in [5.41, 5.74) is 3.08. The number of thioether (sulfide) groups is 1. The molecule has 0 aliphatic heterocycles. The molecule has 16 heavy (non-hydrogen) atoms. The van der Waals surface area contributed by atoms with Crippen molar-refractivity contribution in [1.82, 2.24) is 15.5 Å². The molecule has 0 spiro atoms. The highest BCUT2D eigenvalue weighted by Crippen LogP contribution is 2.35. The van der Waals surface area contributed by atoms with E-state index < -0.39 is 0 Å². The van der Waals surface area contributed by atoms with Gasteiger partial charge < -0.3 is 5.32 Å². The molecule has 1 unspecified atom stereocenters. The number of rotatable bonds is 5. The predicted octanol–water partition coefficient (Wildman–Crippen LogP) is 2.59. The van der Waals surface area contributed by atoms with E-state index >= 15 is 0 Å². The van der Waals surface area contributed by atoms with Crippen LogP contribution in [0.15, 0.2) is 40.2 Å². The maximum atomic E-state index is 4.07. The van der Waals surface area contributed by atoms with Gasteiger partial charge in [0.15, 0.2) is 4.34 Å². The van der Waals surface area contributed by atoms with E-state index in [4.69, 9.17) is 0 Å². The molecular weight excluding hydrogens is 238 g/mol. The molecule has 0 radical (unpaired) electrons. The number of nitrogens with zero attached hydrogens (tertiary/aromatic N) is 2. The monoisotopic (exact) mass is 251 g/mol. The molecule has 5 heteroatoms. The SMILES string of the molecule is CNCC(Sc1nncs1)c1ccccc1. The second kappa shape index (κ2) is 5.98. The average Bonchev–Trinajstić information content (AvgIpc) is 2.83. The third-order valence-corrected chi connectivity index (χ3v) is 4.21. The third-order valence-electron chi connectivity index (χ3n) is 2.14. The highest BCUT2D eigenvalue weighted by Gasteiger charge is 2.13. The molecule has 1 heterocycles. The summed E-state index contributed by atoms with van der Waals surface area (Å²) in [6, 6.07) is 10.5. The Hall–Kier alpha value is -0.910. The fourth-order valence-electron chi connectivity index (χ4n) is 1.42. The Morgan fingerprint density at radius 3 is 2.81 bits per heavy atom. The quantitative estimate of drug-likeness (QED) is 0.829. The molecule has 84 valence electrons. The summed E-state index contributed by atoms with van der Waals surface area (Å²) in [6.07, 6.45) is 0.